The molecule has 0 radical (unpaired) electrons. The van der Waals surface area contributed by atoms with Crippen molar-refractivity contribution in [3.8, 4) is 11.5 Å². The summed E-state index contributed by atoms with van der Waals surface area (Å²) in [6.07, 6.45) is 0.678. The van der Waals surface area contributed by atoms with E-state index in [0.29, 0.717) is 17.9 Å². The number of nitrogens with zero attached hydrogens (tertiary/aromatic N) is 1. The number of nitrogen functional groups attached to an aromatic ring is 1. The molecule has 0 spiro atoms. The van der Waals surface area contributed by atoms with Crippen molar-refractivity contribution in [1.29, 1.82) is 0 Å². The first-order valence-corrected chi connectivity index (χ1v) is 8.87. The molecule has 0 saturated carbocycles. The summed E-state index contributed by atoms with van der Waals surface area (Å²) in [5, 5.41) is 13.5. The van der Waals surface area contributed by atoms with E-state index in [-0.39, 0.29) is 29.9 Å². The van der Waals surface area contributed by atoms with Gasteiger partial charge in [0.15, 0.2) is 0 Å². The summed E-state index contributed by atoms with van der Waals surface area (Å²) in [7, 11) is 0. The number of rotatable bonds is 6. The number of ether oxygens (including phenoxy) is 1. The predicted octanol–water partition coefficient (Wildman–Crippen LogP) is 3.42. The number of phenolic OH excluding ortho intramolecular Hbond substituents is 1. The number of hydrogen-bond donors (Lipinski definition) is 3. The lowest BCUT2D eigenvalue weighted by Gasteiger charge is -2.19. The summed E-state index contributed by atoms with van der Waals surface area (Å²) < 4.78 is 5.96. The van der Waals surface area contributed by atoms with Gasteiger partial charge in [0.05, 0.1) is 22.5 Å². The number of nitrogens with one attached hydrogen (secondary N) is 1. The zero-order valence-electron chi connectivity index (χ0n) is 15.4. The monoisotopic (exact) mass is 365 g/mol. The fraction of sp³-hybridized carbons (Fsp3) is 0.238. The number of nitrogens with two attached hydrogens (primary N) is 1. The van der Waals surface area contributed by atoms with Gasteiger partial charge in [-0.25, -0.2) is 0 Å². The molecule has 6 heteroatoms. The van der Waals surface area contributed by atoms with E-state index in [9.17, 15) is 9.90 Å². The van der Waals surface area contributed by atoms with Crippen LogP contribution in [-0.4, -0.2) is 28.6 Å². The van der Waals surface area contributed by atoms with Crippen LogP contribution in [0.15, 0.2) is 48.5 Å². The Labute approximate surface area is 158 Å². The van der Waals surface area contributed by atoms with Gasteiger partial charge in [0.25, 0.3) is 5.91 Å². The molecular formula is C21H23N3O3. The fourth-order valence-electron chi connectivity index (χ4n) is 2.92. The SMILES string of the molecule is CC[C@@H](COc1cccc2nc(C)cc(N)c12)NC(=O)c1ccccc1O. The van der Waals surface area contributed by atoms with Gasteiger partial charge >= 0.3 is 0 Å². The summed E-state index contributed by atoms with van der Waals surface area (Å²) in [6.45, 7) is 4.13. The molecule has 4 N–H and O–H groups in total. The first-order valence-electron chi connectivity index (χ1n) is 8.87. The average molecular weight is 365 g/mol. The fourth-order valence-corrected chi connectivity index (χ4v) is 2.92. The minimum atomic E-state index is -0.335. The van der Waals surface area contributed by atoms with Gasteiger partial charge in [-0.05, 0) is 43.7 Å². The lowest BCUT2D eigenvalue weighted by Crippen LogP contribution is -2.38. The van der Waals surface area contributed by atoms with Crippen LogP contribution in [0.2, 0.25) is 0 Å². The smallest absolute Gasteiger partial charge is 0.255 e. The summed E-state index contributed by atoms with van der Waals surface area (Å²) in [5.41, 5.74) is 8.62. The lowest BCUT2D eigenvalue weighted by atomic mass is 10.1. The first kappa shape index (κ1) is 18.5. The standard InChI is InChI=1S/C21H23N3O3/c1-3-14(24-21(26)15-7-4-5-9-18(15)25)12-27-19-10-6-8-17-20(19)16(22)11-13(2)23-17/h4-11,14,25H,3,12H2,1-2H3,(H2,22,23)(H,24,26)/t14-/m0/s1. The van der Waals surface area contributed by atoms with Crippen LogP contribution in [0.4, 0.5) is 5.69 Å². The first-order chi connectivity index (χ1) is 13.0. The number of carbonyl (C=O) groups is 1. The molecule has 0 unspecified atom stereocenters. The van der Waals surface area contributed by atoms with Gasteiger partial charge in [0.2, 0.25) is 0 Å². The van der Waals surface area contributed by atoms with E-state index >= 15 is 0 Å². The molecule has 0 bridgehead atoms. The van der Waals surface area contributed by atoms with Crippen molar-refractivity contribution in [3.63, 3.8) is 0 Å². The highest BCUT2D eigenvalue weighted by atomic mass is 16.5. The Kier molecular flexibility index (Phi) is 5.45. The quantitative estimate of drug-likeness (QED) is 0.622. The number of aromatic nitrogens is 1. The maximum atomic E-state index is 12.4. The molecule has 3 aromatic rings. The van der Waals surface area contributed by atoms with Gasteiger partial charge in [-0.3, -0.25) is 9.78 Å². The van der Waals surface area contributed by atoms with Gasteiger partial charge in [0.1, 0.15) is 18.1 Å². The van der Waals surface area contributed by atoms with Gasteiger partial charge in [-0.15, -0.1) is 0 Å². The molecule has 140 valence electrons. The van der Waals surface area contributed by atoms with E-state index in [0.717, 1.165) is 16.6 Å². The third-order valence-corrected chi connectivity index (χ3v) is 4.37. The second-order valence-corrected chi connectivity index (χ2v) is 6.41. The molecular weight excluding hydrogens is 342 g/mol. The highest BCUT2D eigenvalue weighted by Gasteiger charge is 2.16. The minimum absolute atomic E-state index is 0.0472. The maximum absolute atomic E-state index is 12.4. The Morgan fingerprint density at radius 2 is 2.04 bits per heavy atom. The molecule has 1 aromatic heterocycles. The molecule has 0 fully saturated rings. The normalized spacial score (nSPS) is 11.9. The Morgan fingerprint density at radius 3 is 2.78 bits per heavy atom. The van der Waals surface area contributed by atoms with E-state index in [1.807, 2.05) is 38.1 Å². The minimum Gasteiger partial charge on any atom is -0.507 e. The Balaban J connectivity index is 1.74. The highest BCUT2D eigenvalue weighted by Crippen LogP contribution is 2.30. The van der Waals surface area contributed by atoms with Crippen LogP contribution >= 0.6 is 0 Å². The third-order valence-electron chi connectivity index (χ3n) is 4.37. The Hall–Kier alpha value is -3.28. The zero-order valence-corrected chi connectivity index (χ0v) is 15.4. The number of amides is 1. The average Bonchev–Trinajstić information content (AvgIpc) is 2.64. The van der Waals surface area contributed by atoms with Crippen LogP contribution in [0.25, 0.3) is 10.9 Å². The molecule has 3 rings (SSSR count). The number of fused-ring (bicyclic) bond motifs is 1. The second kappa shape index (κ2) is 7.95. The number of hydrogen-bond acceptors (Lipinski definition) is 5. The predicted molar refractivity (Wildman–Crippen MR) is 106 cm³/mol. The van der Waals surface area contributed by atoms with Crippen LogP contribution in [0.3, 0.4) is 0 Å². The van der Waals surface area contributed by atoms with Crippen LogP contribution in [0.1, 0.15) is 29.4 Å². The van der Waals surface area contributed by atoms with E-state index in [1.165, 1.54) is 6.07 Å². The van der Waals surface area contributed by atoms with Crippen molar-refractivity contribution in [2.45, 2.75) is 26.3 Å². The van der Waals surface area contributed by atoms with E-state index < -0.39 is 0 Å². The lowest BCUT2D eigenvalue weighted by molar-refractivity contribution is 0.0917. The van der Waals surface area contributed by atoms with Gasteiger partial charge in [-0.2, -0.15) is 0 Å². The third kappa shape index (κ3) is 4.11. The summed E-state index contributed by atoms with van der Waals surface area (Å²) >= 11 is 0. The number of anilines is 1. The number of aryl methyl sites for hydroxylation is 1. The molecule has 0 aliphatic rings. The van der Waals surface area contributed by atoms with Crippen molar-refractivity contribution in [2.24, 2.45) is 0 Å². The van der Waals surface area contributed by atoms with Crippen molar-refractivity contribution in [3.05, 3.63) is 59.8 Å². The van der Waals surface area contributed by atoms with Crippen LogP contribution in [0, 0.1) is 6.92 Å². The molecule has 0 aliphatic carbocycles. The van der Waals surface area contributed by atoms with Crippen LogP contribution in [0.5, 0.6) is 11.5 Å². The maximum Gasteiger partial charge on any atom is 0.255 e. The largest absolute Gasteiger partial charge is 0.507 e. The molecule has 1 atom stereocenters. The van der Waals surface area contributed by atoms with Crippen molar-refractivity contribution < 1.29 is 14.6 Å². The number of phenols is 1. The summed E-state index contributed by atoms with van der Waals surface area (Å²) in [5.74, 6) is 0.250. The summed E-state index contributed by atoms with van der Waals surface area (Å²) in [4.78, 5) is 16.9. The number of pyridine rings is 1. The number of carbonyl (C=O) groups excluding carboxylic acids is 1. The van der Waals surface area contributed by atoms with Crippen LogP contribution in [-0.2, 0) is 0 Å². The zero-order chi connectivity index (χ0) is 19.4. The number of aromatic hydroxyl groups is 1. The number of para-hydroxylation sites is 1. The summed E-state index contributed by atoms with van der Waals surface area (Å²) in [6, 6.07) is 13.6. The van der Waals surface area contributed by atoms with Crippen molar-refractivity contribution in [1.82, 2.24) is 10.3 Å². The molecule has 0 aliphatic heterocycles. The molecule has 0 saturated heterocycles. The van der Waals surface area contributed by atoms with Gasteiger partial charge in [0, 0.05) is 11.4 Å². The molecule has 6 nitrogen and oxygen atoms in total. The highest BCUT2D eigenvalue weighted by molar-refractivity contribution is 5.97. The van der Waals surface area contributed by atoms with Crippen molar-refractivity contribution >= 4 is 22.5 Å². The van der Waals surface area contributed by atoms with Crippen LogP contribution < -0.4 is 15.8 Å². The molecule has 1 amide bonds. The second-order valence-electron chi connectivity index (χ2n) is 6.41. The van der Waals surface area contributed by atoms with E-state index in [2.05, 4.69) is 10.3 Å². The number of benzene rings is 2. The molecule has 2 aromatic carbocycles. The van der Waals surface area contributed by atoms with E-state index in [1.54, 1.807) is 18.2 Å². The molecule has 1 heterocycles. The molecule has 27 heavy (non-hydrogen) atoms. The van der Waals surface area contributed by atoms with Gasteiger partial charge < -0.3 is 20.9 Å². The Morgan fingerprint density at radius 1 is 1.26 bits per heavy atom. The van der Waals surface area contributed by atoms with Gasteiger partial charge in [-0.1, -0.05) is 25.1 Å². The van der Waals surface area contributed by atoms with Crippen molar-refractivity contribution in [2.75, 3.05) is 12.3 Å². The topological polar surface area (TPSA) is 97.5 Å². The Bertz CT molecular complexity index is 972. The van der Waals surface area contributed by atoms with E-state index in [4.69, 9.17) is 10.5 Å².